The fourth-order valence-electron chi connectivity index (χ4n) is 5.11. The summed E-state index contributed by atoms with van der Waals surface area (Å²) in [6, 6.07) is 9.80. The van der Waals surface area contributed by atoms with E-state index in [-0.39, 0.29) is 47.8 Å². The highest BCUT2D eigenvalue weighted by Crippen LogP contribution is 2.52. The third kappa shape index (κ3) is 4.30. The van der Waals surface area contributed by atoms with Gasteiger partial charge in [0.2, 0.25) is 0 Å². The number of fused-ring (bicyclic) bond motifs is 5. The standard InChI is InChI=1S/C25H22IN3O6/c1-2-34-20-10-15(9-19(26)23(20)35-13-14-4-3-5-18(8-14)29(32)33)12-27-28-24(30)21-16-6-7-17(11-16)22(21)25(28)31/h3-10,12,16-17,21-22H,2,11,13H2,1H3/t16-,17-,21-,22+/m0/s1. The van der Waals surface area contributed by atoms with E-state index in [9.17, 15) is 19.7 Å². The van der Waals surface area contributed by atoms with Gasteiger partial charge in [-0.05, 0) is 71.0 Å². The Morgan fingerprint density at radius 1 is 1.14 bits per heavy atom. The van der Waals surface area contributed by atoms with Crippen molar-refractivity contribution in [2.45, 2.75) is 20.0 Å². The fourth-order valence-corrected chi connectivity index (χ4v) is 5.89. The first-order valence-electron chi connectivity index (χ1n) is 11.3. The van der Waals surface area contributed by atoms with Gasteiger partial charge in [-0.2, -0.15) is 10.1 Å². The van der Waals surface area contributed by atoms with E-state index in [1.165, 1.54) is 18.3 Å². The van der Waals surface area contributed by atoms with Gasteiger partial charge in [0, 0.05) is 12.1 Å². The molecule has 2 aromatic rings. The Labute approximate surface area is 215 Å². The first kappa shape index (κ1) is 23.5. The molecule has 2 bridgehead atoms. The van der Waals surface area contributed by atoms with Crippen LogP contribution in [0.15, 0.2) is 53.7 Å². The van der Waals surface area contributed by atoms with Crippen LogP contribution >= 0.6 is 22.6 Å². The van der Waals surface area contributed by atoms with Crippen molar-refractivity contribution in [1.82, 2.24) is 5.01 Å². The number of ether oxygens (including phenoxy) is 2. The molecular formula is C25H22IN3O6. The van der Waals surface area contributed by atoms with Crippen LogP contribution in [0.5, 0.6) is 11.5 Å². The van der Waals surface area contributed by atoms with E-state index >= 15 is 0 Å². The summed E-state index contributed by atoms with van der Waals surface area (Å²) in [4.78, 5) is 36.3. The second kappa shape index (κ2) is 9.40. The van der Waals surface area contributed by atoms with Gasteiger partial charge in [-0.3, -0.25) is 19.7 Å². The van der Waals surface area contributed by atoms with Crippen molar-refractivity contribution in [3.8, 4) is 11.5 Å². The zero-order valence-electron chi connectivity index (χ0n) is 18.8. The summed E-state index contributed by atoms with van der Waals surface area (Å²) in [5.41, 5.74) is 1.30. The van der Waals surface area contributed by atoms with Crippen molar-refractivity contribution in [3.05, 3.63) is 73.4 Å². The molecule has 0 aromatic heterocycles. The van der Waals surface area contributed by atoms with Gasteiger partial charge in [-0.15, -0.1) is 0 Å². The predicted molar refractivity (Wildman–Crippen MR) is 135 cm³/mol. The number of amides is 2. The molecule has 0 radical (unpaired) electrons. The van der Waals surface area contributed by atoms with Gasteiger partial charge < -0.3 is 9.47 Å². The lowest BCUT2D eigenvalue weighted by atomic mass is 9.85. The Balaban J connectivity index is 1.34. The summed E-state index contributed by atoms with van der Waals surface area (Å²) in [5.74, 6) is 0.196. The molecule has 9 nitrogen and oxygen atoms in total. The van der Waals surface area contributed by atoms with E-state index in [1.807, 2.05) is 25.1 Å². The molecule has 2 amide bonds. The van der Waals surface area contributed by atoms with Crippen molar-refractivity contribution in [3.63, 3.8) is 0 Å². The monoisotopic (exact) mass is 587 g/mol. The number of allylic oxidation sites excluding steroid dienone is 2. The summed E-state index contributed by atoms with van der Waals surface area (Å²) in [6.45, 7) is 2.37. The average Bonchev–Trinajstić information content (AvgIpc) is 3.52. The topological polar surface area (TPSA) is 111 Å². The molecule has 180 valence electrons. The number of nitrogens with zero attached hydrogens (tertiary/aromatic N) is 3. The van der Waals surface area contributed by atoms with Crippen LogP contribution in [0.25, 0.3) is 0 Å². The summed E-state index contributed by atoms with van der Waals surface area (Å²) in [5, 5.41) is 16.3. The molecule has 1 saturated carbocycles. The third-order valence-electron chi connectivity index (χ3n) is 6.61. The van der Waals surface area contributed by atoms with E-state index in [1.54, 1.807) is 18.2 Å². The molecule has 0 N–H and O–H groups in total. The number of nitro benzene ring substituents is 1. The largest absolute Gasteiger partial charge is 0.490 e. The highest BCUT2D eigenvalue weighted by Gasteiger charge is 2.59. The minimum atomic E-state index is -0.447. The Morgan fingerprint density at radius 3 is 2.51 bits per heavy atom. The molecule has 5 rings (SSSR count). The minimum Gasteiger partial charge on any atom is -0.490 e. The summed E-state index contributed by atoms with van der Waals surface area (Å²) < 4.78 is 12.5. The maximum absolute atomic E-state index is 12.9. The van der Waals surface area contributed by atoms with Crippen molar-refractivity contribution in [2.75, 3.05) is 6.61 Å². The molecule has 1 saturated heterocycles. The Kier molecular flexibility index (Phi) is 6.30. The van der Waals surface area contributed by atoms with Crippen molar-refractivity contribution in [1.29, 1.82) is 0 Å². The molecule has 1 aliphatic heterocycles. The molecule has 2 aliphatic carbocycles. The lowest BCUT2D eigenvalue weighted by molar-refractivity contribution is -0.384. The van der Waals surface area contributed by atoms with Crippen LogP contribution in [0.3, 0.4) is 0 Å². The Bertz CT molecular complexity index is 1250. The SMILES string of the molecule is CCOc1cc(C=NN2C(=O)[C@@H]3[C@H](C2=O)[C@H]2C=C[C@H]3C2)cc(I)c1OCc1cccc([N+](=O)[O-])c1. The molecule has 3 aliphatic rings. The van der Waals surface area contributed by atoms with Crippen LogP contribution in [0.1, 0.15) is 24.5 Å². The number of rotatable bonds is 8. The minimum absolute atomic E-state index is 0.00341. The number of hydrogen-bond donors (Lipinski definition) is 0. The first-order chi connectivity index (χ1) is 16.9. The van der Waals surface area contributed by atoms with Gasteiger partial charge in [0.15, 0.2) is 11.5 Å². The van der Waals surface area contributed by atoms with Gasteiger partial charge >= 0.3 is 0 Å². The summed E-state index contributed by atoms with van der Waals surface area (Å²) >= 11 is 2.11. The molecule has 0 unspecified atom stereocenters. The van der Waals surface area contributed by atoms with E-state index in [2.05, 4.69) is 27.7 Å². The zero-order chi connectivity index (χ0) is 24.7. The third-order valence-corrected chi connectivity index (χ3v) is 7.41. The van der Waals surface area contributed by atoms with Crippen LogP contribution in [0, 0.1) is 37.4 Å². The van der Waals surface area contributed by atoms with Crippen molar-refractivity contribution >= 4 is 46.3 Å². The van der Waals surface area contributed by atoms with E-state index in [0.29, 0.717) is 29.2 Å². The maximum atomic E-state index is 12.9. The number of hydrazone groups is 1. The van der Waals surface area contributed by atoms with E-state index in [4.69, 9.17) is 9.47 Å². The second-order valence-corrected chi connectivity index (χ2v) is 9.87. The van der Waals surface area contributed by atoms with Crippen LogP contribution in [-0.4, -0.2) is 34.6 Å². The smallest absolute Gasteiger partial charge is 0.269 e. The molecule has 1 heterocycles. The van der Waals surface area contributed by atoms with Gasteiger partial charge in [0.05, 0.1) is 33.2 Å². The number of hydrogen-bond acceptors (Lipinski definition) is 7. The van der Waals surface area contributed by atoms with Crippen molar-refractivity contribution < 1.29 is 24.0 Å². The number of nitro groups is 1. The second-order valence-electron chi connectivity index (χ2n) is 8.71. The van der Waals surface area contributed by atoms with Crippen LogP contribution in [0.2, 0.25) is 0 Å². The van der Waals surface area contributed by atoms with Gasteiger partial charge in [-0.25, -0.2) is 0 Å². The van der Waals surface area contributed by atoms with Crippen molar-refractivity contribution in [2.24, 2.45) is 28.8 Å². The lowest BCUT2D eigenvalue weighted by Gasteiger charge is -2.15. The normalized spacial score (nSPS) is 24.5. The number of halogens is 1. The number of carbonyl (C=O) groups is 2. The van der Waals surface area contributed by atoms with E-state index in [0.717, 1.165) is 15.0 Å². The number of carbonyl (C=O) groups excluding carboxylic acids is 2. The quantitative estimate of drug-likeness (QED) is 0.114. The molecule has 35 heavy (non-hydrogen) atoms. The van der Waals surface area contributed by atoms with Gasteiger partial charge in [0.25, 0.3) is 17.5 Å². The predicted octanol–water partition coefficient (Wildman–Crippen LogP) is 4.32. The summed E-state index contributed by atoms with van der Waals surface area (Å²) in [7, 11) is 0. The van der Waals surface area contributed by atoms with Crippen LogP contribution in [0.4, 0.5) is 5.69 Å². The molecule has 2 fully saturated rings. The number of non-ortho nitro benzene ring substituents is 1. The lowest BCUT2D eigenvalue weighted by Crippen LogP contribution is -2.28. The first-order valence-corrected chi connectivity index (χ1v) is 12.4. The Morgan fingerprint density at radius 2 is 1.86 bits per heavy atom. The summed E-state index contributed by atoms with van der Waals surface area (Å²) in [6.07, 6.45) is 6.46. The van der Waals surface area contributed by atoms with Crippen LogP contribution < -0.4 is 9.47 Å². The number of benzene rings is 2. The molecule has 10 heteroatoms. The maximum Gasteiger partial charge on any atom is 0.269 e. The molecule has 0 spiro atoms. The van der Waals surface area contributed by atoms with Gasteiger partial charge in [0.1, 0.15) is 6.61 Å². The fraction of sp³-hybridized carbons (Fsp3) is 0.320. The molecule has 4 atom stereocenters. The van der Waals surface area contributed by atoms with Crippen LogP contribution in [-0.2, 0) is 16.2 Å². The average molecular weight is 587 g/mol. The van der Waals surface area contributed by atoms with E-state index < -0.39 is 4.92 Å². The zero-order valence-corrected chi connectivity index (χ0v) is 21.0. The van der Waals surface area contributed by atoms with Gasteiger partial charge in [-0.1, -0.05) is 24.3 Å². The highest BCUT2D eigenvalue weighted by atomic mass is 127. The highest BCUT2D eigenvalue weighted by molar-refractivity contribution is 14.1. The molecule has 2 aromatic carbocycles. The Hall–Kier alpha value is -3.28. The number of imide groups is 1. The molecular weight excluding hydrogens is 565 g/mol.